The predicted octanol–water partition coefficient (Wildman–Crippen LogP) is 6.52. The molecule has 0 fully saturated rings. The Hall–Kier alpha value is -2.43. The van der Waals surface area contributed by atoms with Crippen LogP contribution in [0, 0.1) is 5.92 Å². The molecule has 1 heterocycles. The van der Waals surface area contributed by atoms with Crippen molar-refractivity contribution in [1.29, 1.82) is 0 Å². The zero-order chi connectivity index (χ0) is 22.8. The van der Waals surface area contributed by atoms with Gasteiger partial charge in [0.1, 0.15) is 5.92 Å². The molecule has 0 saturated carbocycles. The monoisotopic (exact) mass is 469 g/mol. The number of allylic oxidation sites excluding steroid dienone is 2. The van der Waals surface area contributed by atoms with Gasteiger partial charge in [-0.1, -0.05) is 66.5 Å². The lowest BCUT2D eigenvalue weighted by atomic mass is 9.69. The molecule has 1 aliphatic carbocycles. The van der Waals surface area contributed by atoms with Crippen LogP contribution < -0.4 is 0 Å². The average Bonchev–Trinajstić information content (AvgIpc) is 2.77. The smallest absolute Gasteiger partial charge is 0.315 e. The van der Waals surface area contributed by atoms with Gasteiger partial charge in [0.15, 0.2) is 5.78 Å². The Bertz CT molecular complexity index is 1110. The van der Waals surface area contributed by atoms with Crippen LogP contribution in [0.5, 0.6) is 0 Å². The van der Waals surface area contributed by atoms with Gasteiger partial charge in [-0.25, -0.2) is 0 Å². The minimum absolute atomic E-state index is 0.000612. The van der Waals surface area contributed by atoms with E-state index in [1.807, 2.05) is 44.2 Å². The van der Waals surface area contributed by atoms with Crippen molar-refractivity contribution < 1.29 is 14.3 Å². The Kier molecular flexibility index (Phi) is 6.82. The molecular formula is C26H25Cl2NO3. The highest BCUT2D eigenvalue weighted by atomic mass is 35.5. The van der Waals surface area contributed by atoms with Gasteiger partial charge < -0.3 is 4.74 Å². The van der Waals surface area contributed by atoms with Crippen molar-refractivity contribution in [3.05, 3.63) is 81.0 Å². The number of esters is 1. The van der Waals surface area contributed by atoms with Crippen LogP contribution in [0.3, 0.4) is 0 Å². The molecule has 2 aliphatic rings. The standard InChI is InChI=1S/C26H25Cl2NO3/c1-3-11-32-26(31)23-15(2)29-21-12-17(16-7-5-4-6-8-16)13-22(30)25(21)24(23)19-10-9-18(27)14-20(19)28/h4-10,14,17,23-24H,3,11-13H2,1-2H3/t17-,23?,24+/m0/s1. The third kappa shape index (κ3) is 4.39. The SMILES string of the molecule is CCCOC(=O)C1C(C)=NC2=C(C(=O)C[C@@H](c3ccccc3)C2)[C@@H]1c1ccc(Cl)cc1Cl. The molecule has 2 aromatic carbocycles. The van der Waals surface area contributed by atoms with E-state index in [1.165, 1.54) is 0 Å². The van der Waals surface area contributed by atoms with Crippen LogP contribution in [0.25, 0.3) is 0 Å². The number of nitrogens with zero attached hydrogens (tertiary/aromatic N) is 1. The second-order valence-corrected chi connectivity index (χ2v) is 9.18. The lowest BCUT2D eigenvalue weighted by molar-refractivity contribution is -0.146. The molecule has 0 amide bonds. The first kappa shape index (κ1) is 22.8. The molecule has 1 unspecified atom stereocenters. The largest absolute Gasteiger partial charge is 0.465 e. The third-order valence-electron chi connectivity index (χ3n) is 6.16. The number of Topliss-reactive ketones (excluding diaryl/α,β-unsaturated/α-hetero) is 1. The number of benzene rings is 2. The molecule has 1 aliphatic heterocycles. The van der Waals surface area contributed by atoms with E-state index in [9.17, 15) is 9.59 Å². The summed E-state index contributed by atoms with van der Waals surface area (Å²) < 4.78 is 5.50. The van der Waals surface area contributed by atoms with Crippen molar-refractivity contribution in [3.63, 3.8) is 0 Å². The van der Waals surface area contributed by atoms with E-state index < -0.39 is 11.8 Å². The first-order valence-corrected chi connectivity index (χ1v) is 11.6. The highest BCUT2D eigenvalue weighted by molar-refractivity contribution is 6.35. The van der Waals surface area contributed by atoms with E-state index in [4.69, 9.17) is 32.9 Å². The summed E-state index contributed by atoms with van der Waals surface area (Å²) in [5.74, 6) is -1.56. The van der Waals surface area contributed by atoms with Gasteiger partial charge in [-0.05, 0) is 48.9 Å². The number of hydrogen-bond acceptors (Lipinski definition) is 4. The summed E-state index contributed by atoms with van der Waals surface area (Å²) in [6, 6.07) is 15.2. The molecule has 3 atom stereocenters. The van der Waals surface area contributed by atoms with Crippen LogP contribution in [0.4, 0.5) is 0 Å². The fourth-order valence-corrected chi connectivity index (χ4v) is 5.23. The number of carbonyl (C=O) groups excluding carboxylic acids is 2. The second kappa shape index (κ2) is 9.60. The predicted molar refractivity (Wildman–Crippen MR) is 128 cm³/mol. The maximum Gasteiger partial charge on any atom is 0.315 e. The molecular weight excluding hydrogens is 445 g/mol. The van der Waals surface area contributed by atoms with Gasteiger partial charge >= 0.3 is 5.97 Å². The van der Waals surface area contributed by atoms with Gasteiger partial charge in [-0.3, -0.25) is 14.6 Å². The van der Waals surface area contributed by atoms with Gasteiger partial charge in [0, 0.05) is 39.4 Å². The molecule has 0 spiro atoms. The van der Waals surface area contributed by atoms with Crippen molar-refractivity contribution in [2.45, 2.75) is 44.9 Å². The minimum Gasteiger partial charge on any atom is -0.465 e. The van der Waals surface area contributed by atoms with Crippen LogP contribution in [-0.2, 0) is 14.3 Å². The molecule has 0 bridgehead atoms. The summed E-state index contributed by atoms with van der Waals surface area (Å²) in [7, 11) is 0. The molecule has 0 radical (unpaired) electrons. The lowest BCUT2D eigenvalue weighted by Crippen LogP contribution is -2.38. The van der Waals surface area contributed by atoms with Crippen molar-refractivity contribution in [2.24, 2.45) is 10.9 Å². The molecule has 32 heavy (non-hydrogen) atoms. The number of ketones is 1. The van der Waals surface area contributed by atoms with E-state index in [2.05, 4.69) is 0 Å². The summed E-state index contributed by atoms with van der Waals surface area (Å²) in [6.45, 7) is 4.09. The van der Waals surface area contributed by atoms with Gasteiger partial charge in [0.05, 0.1) is 6.61 Å². The Balaban J connectivity index is 1.81. The van der Waals surface area contributed by atoms with Gasteiger partial charge in [0.2, 0.25) is 0 Å². The highest BCUT2D eigenvalue weighted by Gasteiger charge is 2.45. The Morgan fingerprint density at radius 2 is 1.88 bits per heavy atom. The van der Waals surface area contributed by atoms with Gasteiger partial charge in [-0.2, -0.15) is 0 Å². The summed E-state index contributed by atoms with van der Waals surface area (Å²) in [5.41, 5.74) is 3.77. The Labute approximate surface area is 198 Å². The first-order chi connectivity index (χ1) is 15.4. The normalized spacial score (nSPS) is 22.9. The Morgan fingerprint density at radius 3 is 2.56 bits per heavy atom. The van der Waals surface area contributed by atoms with Crippen LogP contribution in [-0.4, -0.2) is 24.1 Å². The quantitative estimate of drug-likeness (QED) is 0.468. The summed E-state index contributed by atoms with van der Waals surface area (Å²) in [6.07, 6.45) is 1.73. The molecule has 6 heteroatoms. The summed E-state index contributed by atoms with van der Waals surface area (Å²) in [5, 5.41) is 0.925. The van der Waals surface area contributed by atoms with Crippen molar-refractivity contribution >= 4 is 40.7 Å². The second-order valence-electron chi connectivity index (χ2n) is 8.34. The minimum atomic E-state index is -0.698. The number of carbonyl (C=O) groups is 2. The zero-order valence-corrected chi connectivity index (χ0v) is 19.6. The topological polar surface area (TPSA) is 55.7 Å². The van der Waals surface area contributed by atoms with E-state index >= 15 is 0 Å². The van der Waals surface area contributed by atoms with Crippen LogP contribution in [0.1, 0.15) is 56.1 Å². The molecule has 4 nitrogen and oxygen atoms in total. The summed E-state index contributed by atoms with van der Waals surface area (Å²) in [4.78, 5) is 31.4. The van der Waals surface area contributed by atoms with Gasteiger partial charge in [0.25, 0.3) is 0 Å². The van der Waals surface area contributed by atoms with Crippen molar-refractivity contribution in [3.8, 4) is 0 Å². The third-order valence-corrected chi connectivity index (χ3v) is 6.72. The number of aliphatic imine (C=N–C) groups is 1. The number of ether oxygens (including phenoxy) is 1. The number of rotatable bonds is 5. The molecule has 4 rings (SSSR count). The summed E-state index contributed by atoms with van der Waals surface area (Å²) >= 11 is 12.7. The lowest BCUT2D eigenvalue weighted by Gasteiger charge is -2.36. The molecule has 2 aromatic rings. The Morgan fingerprint density at radius 1 is 1.12 bits per heavy atom. The zero-order valence-electron chi connectivity index (χ0n) is 18.1. The van der Waals surface area contributed by atoms with Crippen LogP contribution >= 0.6 is 23.2 Å². The fraction of sp³-hybridized carbons (Fsp3) is 0.346. The average molecular weight is 470 g/mol. The molecule has 166 valence electrons. The maximum atomic E-state index is 13.5. The van der Waals surface area contributed by atoms with E-state index in [0.29, 0.717) is 52.8 Å². The highest BCUT2D eigenvalue weighted by Crippen LogP contribution is 2.48. The van der Waals surface area contributed by atoms with Crippen molar-refractivity contribution in [2.75, 3.05) is 6.61 Å². The number of halogens is 2. The van der Waals surface area contributed by atoms with E-state index in [0.717, 1.165) is 11.3 Å². The van der Waals surface area contributed by atoms with Crippen LogP contribution in [0.15, 0.2) is 64.8 Å². The fourth-order valence-electron chi connectivity index (χ4n) is 4.71. The number of hydrogen-bond donors (Lipinski definition) is 0. The van der Waals surface area contributed by atoms with Crippen molar-refractivity contribution in [1.82, 2.24) is 0 Å². The van der Waals surface area contributed by atoms with Gasteiger partial charge in [-0.15, -0.1) is 0 Å². The van der Waals surface area contributed by atoms with E-state index in [1.54, 1.807) is 18.2 Å². The van der Waals surface area contributed by atoms with Crippen LogP contribution in [0.2, 0.25) is 10.0 Å². The van der Waals surface area contributed by atoms with E-state index in [-0.39, 0.29) is 17.7 Å². The molecule has 0 saturated heterocycles. The maximum absolute atomic E-state index is 13.5. The molecule has 0 aromatic heterocycles. The first-order valence-electron chi connectivity index (χ1n) is 10.9. The molecule has 0 N–H and O–H groups in total.